The van der Waals surface area contributed by atoms with Crippen LogP contribution in [-0.2, 0) is 16.0 Å². The van der Waals surface area contributed by atoms with Gasteiger partial charge in [-0.1, -0.05) is 11.6 Å². The Balaban J connectivity index is 2.42. The summed E-state index contributed by atoms with van der Waals surface area (Å²) in [6, 6.07) is 5.29. The Morgan fingerprint density at radius 1 is 1.45 bits per heavy atom. The number of hydrogen-bond acceptors (Lipinski definition) is 4. The highest BCUT2D eigenvalue weighted by atomic mass is 35.5. The van der Waals surface area contributed by atoms with Gasteiger partial charge < -0.3 is 20.5 Å². The predicted molar refractivity (Wildman–Crippen MR) is 79.2 cm³/mol. The molecule has 3 N–H and O–H groups in total. The van der Waals surface area contributed by atoms with Gasteiger partial charge in [0.15, 0.2) is 6.61 Å². The topological polar surface area (TPSA) is 73.6 Å². The summed E-state index contributed by atoms with van der Waals surface area (Å²) >= 11 is 5.93. The van der Waals surface area contributed by atoms with Crippen molar-refractivity contribution in [2.24, 2.45) is 5.73 Å². The lowest BCUT2D eigenvalue weighted by Gasteiger charge is -2.11. The summed E-state index contributed by atoms with van der Waals surface area (Å²) < 4.78 is 10.4. The van der Waals surface area contributed by atoms with Gasteiger partial charge >= 0.3 is 0 Å². The minimum Gasteiger partial charge on any atom is -0.483 e. The molecule has 0 unspecified atom stereocenters. The first kappa shape index (κ1) is 16.8. The Morgan fingerprint density at radius 3 is 2.95 bits per heavy atom. The van der Waals surface area contributed by atoms with E-state index in [-0.39, 0.29) is 12.5 Å². The van der Waals surface area contributed by atoms with Crippen LogP contribution < -0.4 is 15.8 Å². The summed E-state index contributed by atoms with van der Waals surface area (Å²) in [5.41, 5.74) is 6.45. The molecule has 1 aromatic carbocycles. The lowest BCUT2D eigenvalue weighted by molar-refractivity contribution is -0.123. The molecule has 0 aliphatic rings. The van der Waals surface area contributed by atoms with Crippen molar-refractivity contribution in [1.29, 1.82) is 0 Å². The average Bonchev–Trinajstić information content (AvgIpc) is 2.43. The van der Waals surface area contributed by atoms with Crippen molar-refractivity contribution in [2.75, 3.05) is 33.4 Å². The number of halogens is 1. The highest BCUT2D eigenvalue weighted by Gasteiger charge is 2.07. The summed E-state index contributed by atoms with van der Waals surface area (Å²) in [6.45, 7) is 1.68. The zero-order valence-corrected chi connectivity index (χ0v) is 12.4. The summed E-state index contributed by atoms with van der Waals surface area (Å²) in [6.07, 6.45) is 1.44. The molecule has 0 atom stereocenters. The quantitative estimate of drug-likeness (QED) is 0.676. The van der Waals surface area contributed by atoms with Crippen LogP contribution in [0.3, 0.4) is 0 Å². The Labute approximate surface area is 124 Å². The van der Waals surface area contributed by atoms with Crippen LogP contribution >= 0.6 is 11.6 Å². The second kappa shape index (κ2) is 9.58. The van der Waals surface area contributed by atoms with E-state index in [0.29, 0.717) is 36.9 Å². The summed E-state index contributed by atoms with van der Waals surface area (Å²) in [5, 5.41) is 3.39. The predicted octanol–water partition coefficient (Wildman–Crippen LogP) is 1.37. The molecule has 6 heteroatoms. The number of hydrogen-bond donors (Lipinski definition) is 2. The second-order valence-electron chi connectivity index (χ2n) is 4.28. The largest absolute Gasteiger partial charge is 0.483 e. The van der Waals surface area contributed by atoms with Gasteiger partial charge in [-0.15, -0.1) is 0 Å². The molecule has 1 aromatic rings. The molecule has 0 aliphatic heterocycles. The SMILES string of the molecule is COCCCNC(=O)COc1ccc(Cl)cc1CCN. The minimum atomic E-state index is -0.158. The number of nitrogens with one attached hydrogen (secondary N) is 1. The van der Waals surface area contributed by atoms with Crippen molar-refractivity contribution in [3.63, 3.8) is 0 Å². The molecule has 0 fully saturated rings. The molecule has 1 rings (SSSR count). The van der Waals surface area contributed by atoms with Gasteiger partial charge in [-0.05, 0) is 43.1 Å². The number of carbonyl (C=O) groups excluding carboxylic acids is 1. The van der Waals surface area contributed by atoms with Crippen LogP contribution in [0.4, 0.5) is 0 Å². The molecule has 0 spiro atoms. The van der Waals surface area contributed by atoms with E-state index in [4.69, 9.17) is 26.8 Å². The van der Waals surface area contributed by atoms with E-state index < -0.39 is 0 Å². The Morgan fingerprint density at radius 2 is 2.25 bits per heavy atom. The summed E-state index contributed by atoms with van der Waals surface area (Å²) in [5.74, 6) is 0.488. The number of carbonyl (C=O) groups is 1. The maximum atomic E-state index is 11.6. The molecule has 0 aromatic heterocycles. The molecule has 1 amide bonds. The summed E-state index contributed by atoms with van der Waals surface area (Å²) in [4.78, 5) is 11.6. The van der Waals surface area contributed by atoms with Crippen molar-refractivity contribution in [3.05, 3.63) is 28.8 Å². The van der Waals surface area contributed by atoms with Crippen molar-refractivity contribution < 1.29 is 14.3 Å². The van der Waals surface area contributed by atoms with Gasteiger partial charge in [-0.25, -0.2) is 0 Å². The number of amides is 1. The van der Waals surface area contributed by atoms with Gasteiger partial charge in [0.25, 0.3) is 5.91 Å². The Hall–Kier alpha value is -1.30. The second-order valence-corrected chi connectivity index (χ2v) is 4.71. The maximum absolute atomic E-state index is 11.6. The van der Waals surface area contributed by atoms with Crippen LogP contribution in [0.15, 0.2) is 18.2 Å². The van der Waals surface area contributed by atoms with Gasteiger partial charge in [0.05, 0.1) is 0 Å². The molecular formula is C14H21ClN2O3. The molecule has 0 saturated heterocycles. The van der Waals surface area contributed by atoms with E-state index in [1.165, 1.54) is 0 Å². The third-order valence-corrected chi connectivity index (χ3v) is 2.88. The first-order valence-electron chi connectivity index (χ1n) is 6.54. The van der Waals surface area contributed by atoms with Crippen LogP contribution in [0.5, 0.6) is 5.75 Å². The molecular weight excluding hydrogens is 280 g/mol. The molecule has 0 bridgehead atoms. The van der Waals surface area contributed by atoms with E-state index >= 15 is 0 Å². The normalized spacial score (nSPS) is 10.3. The van der Waals surface area contributed by atoms with Crippen LogP contribution in [0, 0.1) is 0 Å². The number of ether oxygens (including phenoxy) is 2. The van der Waals surface area contributed by atoms with E-state index in [1.54, 1.807) is 25.3 Å². The molecule has 5 nitrogen and oxygen atoms in total. The zero-order valence-electron chi connectivity index (χ0n) is 11.7. The van der Waals surface area contributed by atoms with Crippen LogP contribution in [-0.4, -0.2) is 39.3 Å². The van der Waals surface area contributed by atoms with Crippen LogP contribution in [0.1, 0.15) is 12.0 Å². The van der Waals surface area contributed by atoms with Crippen LogP contribution in [0.2, 0.25) is 5.02 Å². The number of methoxy groups -OCH3 is 1. The van der Waals surface area contributed by atoms with E-state index in [0.717, 1.165) is 12.0 Å². The lowest BCUT2D eigenvalue weighted by Crippen LogP contribution is -2.30. The third-order valence-electron chi connectivity index (χ3n) is 2.64. The van der Waals surface area contributed by atoms with Gasteiger partial charge in [0.2, 0.25) is 0 Å². The fraction of sp³-hybridized carbons (Fsp3) is 0.500. The average molecular weight is 301 g/mol. The van der Waals surface area contributed by atoms with E-state index in [2.05, 4.69) is 5.32 Å². The number of benzene rings is 1. The molecule has 0 radical (unpaired) electrons. The van der Waals surface area contributed by atoms with Crippen molar-refractivity contribution in [3.8, 4) is 5.75 Å². The van der Waals surface area contributed by atoms with E-state index in [1.807, 2.05) is 0 Å². The van der Waals surface area contributed by atoms with Gasteiger partial charge in [-0.2, -0.15) is 0 Å². The molecule has 0 saturated carbocycles. The van der Waals surface area contributed by atoms with E-state index in [9.17, 15) is 4.79 Å². The van der Waals surface area contributed by atoms with Gasteiger partial charge in [0.1, 0.15) is 5.75 Å². The van der Waals surface area contributed by atoms with Crippen molar-refractivity contribution in [1.82, 2.24) is 5.32 Å². The smallest absolute Gasteiger partial charge is 0.257 e. The molecule has 112 valence electrons. The Bertz CT molecular complexity index is 427. The minimum absolute atomic E-state index is 0.0216. The van der Waals surface area contributed by atoms with Gasteiger partial charge in [0, 0.05) is 25.3 Å². The third kappa shape index (κ3) is 6.23. The highest BCUT2D eigenvalue weighted by molar-refractivity contribution is 6.30. The highest BCUT2D eigenvalue weighted by Crippen LogP contribution is 2.23. The monoisotopic (exact) mass is 300 g/mol. The number of rotatable bonds is 9. The maximum Gasteiger partial charge on any atom is 0.257 e. The molecule has 0 heterocycles. The van der Waals surface area contributed by atoms with Crippen molar-refractivity contribution >= 4 is 17.5 Å². The van der Waals surface area contributed by atoms with Gasteiger partial charge in [-0.3, -0.25) is 4.79 Å². The molecule has 0 aliphatic carbocycles. The van der Waals surface area contributed by atoms with Crippen molar-refractivity contribution in [2.45, 2.75) is 12.8 Å². The zero-order chi connectivity index (χ0) is 14.8. The summed E-state index contributed by atoms with van der Waals surface area (Å²) in [7, 11) is 1.63. The first-order valence-corrected chi connectivity index (χ1v) is 6.92. The molecule has 20 heavy (non-hydrogen) atoms. The lowest BCUT2D eigenvalue weighted by atomic mass is 10.1. The fourth-order valence-corrected chi connectivity index (χ4v) is 1.87. The first-order chi connectivity index (χ1) is 9.67. The fourth-order valence-electron chi connectivity index (χ4n) is 1.68. The standard InChI is InChI=1S/C14H21ClN2O3/c1-19-8-2-7-17-14(18)10-20-13-4-3-12(15)9-11(13)5-6-16/h3-4,9H,2,5-8,10,16H2,1H3,(H,17,18). The van der Waals surface area contributed by atoms with Crippen LogP contribution in [0.25, 0.3) is 0 Å². The Kier molecular flexibility index (Phi) is 8.02. The number of nitrogens with two attached hydrogens (primary N) is 1.